The summed E-state index contributed by atoms with van der Waals surface area (Å²) in [6.45, 7) is -2.30. The lowest BCUT2D eigenvalue weighted by atomic mass is 9.97. The fourth-order valence-corrected chi connectivity index (χ4v) is 6.57. The number of H-pyrrole nitrogens is 1. The van der Waals surface area contributed by atoms with Crippen LogP contribution in [0.1, 0.15) is 5.56 Å². The van der Waals surface area contributed by atoms with Crippen LogP contribution >= 0.6 is 0 Å². The molecule has 0 amide bonds. The maximum Gasteiger partial charge on any atom is 0.242 e. The van der Waals surface area contributed by atoms with Crippen molar-refractivity contribution in [3.63, 3.8) is 0 Å². The fraction of sp³-hybridized carbons (Fsp3) is 0.222. The first-order valence-corrected chi connectivity index (χ1v) is 13.1. The number of imidazole rings is 1. The molecule has 0 unspecified atom stereocenters. The van der Waals surface area contributed by atoms with Crippen molar-refractivity contribution >= 4 is 42.9 Å². The van der Waals surface area contributed by atoms with Gasteiger partial charge in [0.05, 0.1) is 29.8 Å². The second-order valence-corrected chi connectivity index (χ2v) is 10.9. The van der Waals surface area contributed by atoms with Gasteiger partial charge in [0.25, 0.3) is 0 Å². The van der Waals surface area contributed by atoms with Crippen LogP contribution in [-0.4, -0.2) is 68.1 Å². The number of nitrogens with two attached hydrogens (primary N) is 5. The first-order chi connectivity index (χ1) is 16.8. The topological polar surface area (TPSA) is 304 Å². The number of amidine groups is 1. The molecule has 0 saturated heterocycles. The number of aromatic amines is 1. The van der Waals surface area contributed by atoms with Crippen LogP contribution in [0.15, 0.2) is 45.2 Å². The second kappa shape index (κ2) is 9.95. The molecule has 16 nitrogen and oxygen atoms in total. The number of nitrogens with one attached hydrogen (secondary N) is 3. The third-order valence-corrected chi connectivity index (χ3v) is 8.05. The first-order valence-electron chi connectivity index (χ1n) is 10.0. The molecular weight excluding hydrogens is 516 g/mol. The number of fused-ring (bicyclic) bond motifs is 1. The zero-order valence-electron chi connectivity index (χ0n) is 18.6. The number of nitrogens with zero attached hydrogens (tertiary/aromatic N) is 2. The van der Waals surface area contributed by atoms with Crippen LogP contribution in [0.25, 0.3) is 22.2 Å². The molecule has 1 aromatic heterocycles. The Hall–Kier alpha value is -3.36. The Morgan fingerprint density at radius 3 is 2.33 bits per heavy atom. The summed E-state index contributed by atoms with van der Waals surface area (Å²) in [5, 5.41) is 28.4. The van der Waals surface area contributed by atoms with Gasteiger partial charge in [-0.15, -0.1) is 5.10 Å². The van der Waals surface area contributed by atoms with E-state index >= 15 is 0 Å². The van der Waals surface area contributed by atoms with Crippen LogP contribution < -0.4 is 38.4 Å². The van der Waals surface area contributed by atoms with Crippen molar-refractivity contribution in [3.05, 3.63) is 35.9 Å². The number of hydrogen-bond acceptors (Lipinski definition) is 12. The van der Waals surface area contributed by atoms with Gasteiger partial charge in [-0.3, -0.25) is 0 Å². The highest BCUT2D eigenvalue weighted by Gasteiger charge is 2.37. The summed E-state index contributed by atoms with van der Waals surface area (Å²) in [7, 11) is -9.61. The molecule has 0 spiro atoms. The summed E-state index contributed by atoms with van der Waals surface area (Å²) >= 11 is 0. The van der Waals surface area contributed by atoms with E-state index in [1.165, 1.54) is 6.07 Å². The van der Waals surface area contributed by atoms with Crippen LogP contribution in [0.2, 0.25) is 0 Å². The van der Waals surface area contributed by atoms with Gasteiger partial charge in [0, 0.05) is 17.7 Å². The zero-order valence-corrected chi connectivity index (χ0v) is 20.3. The number of primary sulfonamides is 1. The lowest BCUT2D eigenvalue weighted by Gasteiger charge is -2.29. The smallest absolute Gasteiger partial charge is 0.242 e. The number of rotatable bonds is 10. The third-order valence-electron chi connectivity index (χ3n) is 5.30. The Labute approximate surface area is 205 Å². The van der Waals surface area contributed by atoms with E-state index in [-0.39, 0.29) is 11.5 Å². The summed E-state index contributed by atoms with van der Waals surface area (Å²) in [5.41, 5.74) is 18.2. The van der Waals surface area contributed by atoms with Gasteiger partial charge >= 0.3 is 0 Å². The van der Waals surface area contributed by atoms with Crippen molar-refractivity contribution in [1.82, 2.24) is 20.2 Å². The standard InChI is InChI=1S/C18H26N10O6S2/c19-6-18(7-29,8-30)27-36(33,34)12-5-4-9(10-2-1-3-11-14(10)25-17(21)24-11)13(16(20)26-28-22)15(12)35(23,31)32/h1-5,27-30H,6-8,19,22H2,(H2,20,26)(H3,21,24,25)(H2,23,31,32). The zero-order chi connectivity index (χ0) is 26.9. The monoisotopic (exact) mass is 542 g/mol. The van der Waals surface area contributed by atoms with E-state index < -0.39 is 66.5 Å². The highest BCUT2D eigenvalue weighted by atomic mass is 32.2. The van der Waals surface area contributed by atoms with E-state index in [0.717, 1.165) is 6.07 Å². The molecule has 196 valence electrons. The molecule has 36 heavy (non-hydrogen) atoms. The van der Waals surface area contributed by atoms with Crippen LogP contribution in [0, 0.1) is 0 Å². The third kappa shape index (κ3) is 4.96. The predicted molar refractivity (Wildman–Crippen MR) is 132 cm³/mol. The number of sulfonamides is 2. The molecule has 1 heterocycles. The molecule has 18 heteroatoms. The summed E-state index contributed by atoms with van der Waals surface area (Å²) in [6.07, 6.45) is 0. The van der Waals surface area contributed by atoms with Gasteiger partial charge in [-0.25, -0.2) is 38.3 Å². The van der Waals surface area contributed by atoms with Crippen molar-refractivity contribution in [2.75, 3.05) is 25.5 Å². The molecule has 0 bridgehead atoms. The van der Waals surface area contributed by atoms with E-state index in [1.807, 2.05) is 10.3 Å². The fourth-order valence-electron chi connectivity index (χ4n) is 3.56. The average Bonchev–Trinajstić information content (AvgIpc) is 3.21. The van der Waals surface area contributed by atoms with Gasteiger partial charge in [-0.1, -0.05) is 18.2 Å². The molecular formula is C18H26N10O6S2. The normalized spacial score (nSPS) is 13.3. The van der Waals surface area contributed by atoms with Crippen molar-refractivity contribution in [1.29, 1.82) is 0 Å². The molecule has 2 aromatic carbocycles. The van der Waals surface area contributed by atoms with Gasteiger partial charge in [0.2, 0.25) is 20.0 Å². The lowest BCUT2D eigenvalue weighted by Crippen LogP contribution is -2.59. The van der Waals surface area contributed by atoms with Crippen LogP contribution in [0.3, 0.4) is 0 Å². The number of aromatic nitrogens is 2. The van der Waals surface area contributed by atoms with Crippen LogP contribution in [-0.2, 0) is 20.0 Å². The van der Waals surface area contributed by atoms with E-state index in [4.69, 9.17) is 28.2 Å². The lowest BCUT2D eigenvalue weighted by molar-refractivity contribution is 0.114. The number of nitrogen functional groups attached to an aromatic ring is 1. The van der Waals surface area contributed by atoms with Gasteiger partial charge in [0.1, 0.15) is 9.79 Å². The minimum atomic E-state index is -4.82. The summed E-state index contributed by atoms with van der Waals surface area (Å²) in [6, 6.07) is 7.09. The number of hydrazone groups is 1. The predicted octanol–water partition coefficient (Wildman–Crippen LogP) is -3.50. The largest absolute Gasteiger partial charge is 0.394 e. The SMILES string of the molecule is NCC(CO)(CO)NS(=O)(=O)c1ccc(-c2cccc3[nH]c(N)nc23)c(/C(N)=N/NN)c1S(N)(=O)=O. The van der Waals surface area contributed by atoms with E-state index in [0.29, 0.717) is 16.6 Å². The van der Waals surface area contributed by atoms with Gasteiger partial charge < -0.3 is 32.4 Å². The summed E-state index contributed by atoms with van der Waals surface area (Å²) in [4.78, 5) is 5.27. The molecule has 3 rings (SSSR count). The highest BCUT2D eigenvalue weighted by molar-refractivity contribution is 7.92. The summed E-state index contributed by atoms with van der Waals surface area (Å²) < 4.78 is 54.3. The maximum absolute atomic E-state index is 13.3. The van der Waals surface area contributed by atoms with Crippen molar-refractivity contribution < 1.29 is 27.0 Å². The Morgan fingerprint density at radius 1 is 1.11 bits per heavy atom. The first kappa shape index (κ1) is 27.2. The molecule has 0 saturated carbocycles. The molecule has 0 radical (unpaired) electrons. The highest BCUT2D eigenvalue weighted by Crippen LogP contribution is 2.36. The number of para-hydroxylation sites is 1. The number of hydrazine groups is 1. The Balaban J connectivity index is 2.46. The Morgan fingerprint density at radius 2 is 1.78 bits per heavy atom. The number of hydrogen-bond donors (Lipinski definition) is 10. The van der Waals surface area contributed by atoms with Crippen LogP contribution in [0.4, 0.5) is 5.95 Å². The average molecular weight is 543 g/mol. The van der Waals surface area contributed by atoms with Crippen molar-refractivity contribution in [2.45, 2.75) is 15.3 Å². The maximum atomic E-state index is 13.3. The molecule has 0 atom stereocenters. The Kier molecular flexibility index (Phi) is 7.53. The van der Waals surface area contributed by atoms with Crippen molar-refractivity contribution in [2.24, 2.45) is 27.6 Å². The molecule has 0 aliphatic rings. The van der Waals surface area contributed by atoms with E-state index in [2.05, 4.69) is 15.1 Å². The van der Waals surface area contributed by atoms with Gasteiger partial charge in [0.15, 0.2) is 11.8 Å². The molecule has 15 N–H and O–H groups in total. The molecule has 0 aliphatic carbocycles. The minimum Gasteiger partial charge on any atom is -0.394 e. The van der Waals surface area contributed by atoms with Crippen LogP contribution in [0.5, 0.6) is 0 Å². The molecule has 3 aromatic rings. The molecule has 0 aliphatic heterocycles. The van der Waals surface area contributed by atoms with E-state index in [9.17, 15) is 27.0 Å². The number of aliphatic hydroxyl groups excluding tert-OH is 2. The minimum absolute atomic E-state index is 0.0745. The quantitative estimate of drug-likeness (QED) is 0.0516. The van der Waals surface area contributed by atoms with Gasteiger partial charge in [-0.2, -0.15) is 4.72 Å². The van der Waals surface area contributed by atoms with Gasteiger partial charge in [-0.05, 0) is 17.7 Å². The second-order valence-electron chi connectivity index (χ2n) is 7.72. The molecule has 0 fully saturated rings. The number of benzene rings is 2. The Bertz CT molecular complexity index is 1520. The number of aliphatic hydroxyl groups is 2. The summed E-state index contributed by atoms with van der Waals surface area (Å²) in [5.74, 6) is 4.79. The van der Waals surface area contributed by atoms with E-state index in [1.54, 1.807) is 18.2 Å². The number of anilines is 1. The van der Waals surface area contributed by atoms with Crippen molar-refractivity contribution in [3.8, 4) is 11.1 Å².